The van der Waals surface area contributed by atoms with E-state index in [-0.39, 0.29) is 18.3 Å². The molecular formula is C22H18ClNO3S. The average molecular weight is 412 g/mol. The zero-order valence-electron chi connectivity index (χ0n) is 14.9. The number of hydrogen-bond acceptors (Lipinski definition) is 4. The lowest BCUT2D eigenvalue weighted by molar-refractivity contribution is -0.118. The van der Waals surface area contributed by atoms with Crippen LogP contribution in [-0.2, 0) is 4.79 Å². The summed E-state index contributed by atoms with van der Waals surface area (Å²) in [6.07, 6.45) is 0. The molecule has 0 aromatic heterocycles. The number of thioether (sulfide) groups is 1. The lowest BCUT2D eigenvalue weighted by Gasteiger charge is -2.08. The first-order chi connectivity index (χ1) is 13.6. The van der Waals surface area contributed by atoms with Crippen LogP contribution in [0.2, 0.25) is 5.02 Å². The first-order valence-corrected chi connectivity index (χ1v) is 9.96. The van der Waals surface area contributed by atoms with E-state index in [1.54, 1.807) is 48.5 Å². The van der Waals surface area contributed by atoms with Crippen molar-refractivity contribution in [2.75, 3.05) is 17.7 Å². The number of rotatable bonds is 8. The largest absolute Gasteiger partial charge is 0.484 e. The summed E-state index contributed by atoms with van der Waals surface area (Å²) in [5.41, 5.74) is 1.31. The van der Waals surface area contributed by atoms with E-state index < -0.39 is 0 Å². The fourth-order valence-corrected chi connectivity index (χ4v) is 3.28. The number of halogens is 1. The minimum Gasteiger partial charge on any atom is -0.484 e. The van der Waals surface area contributed by atoms with Gasteiger partial charge in [0.05, 0.1) is 5.75 Å². The Bertz CT molecular complexity index is 928. The second-order valence-corrected chi connectivity index (χ2v) is 7.38. The van der Waals surface area contributed by atoms with Gasteiger partial charge in [-0.15, -0.1) is 11.8 Å². The summed E-state index contributed by atoms with van der Waals surface area (Å²) in [5, 5.41) is 3.39. The van der Waals surface area contributed by atoms with Crippen molar-refractivity contribution in [1.29, 1.82) is 0 Å². The van der Waals surface area contributed by atoms with Crippen molar-refractivity contribution in [3.8, 4) is 5.75 Å². The third-order valence-electron chi connectivity index (χ3n) is 3.79. The second-order valence-electron chi connectivity index (χ2n) is 5.89. The normalized spacial score (nSPS) is 10.3. The van der Waals surface area contributed by atoms with Gasteiger partial charge in [0.25, 0.3) is 5.91 Å². The molecule has 0 saturated carbocycles. The Morgan fingerprint density at radius 3 is 2.25 bits per heavy atom. The van der Waals surface area contributed by atoms with Gasteiger partial charge in [0.2, 0.25) is 0 Å². The van der Waals surface area contributed by atoms with E-state index in [2.05, 4.69) is 5.32 Å². The van der Waals surface area contributed by atoms with E-state index in [0.29, 0.717) is 27.8 Å². The summed E-state index contributed by atoms with van der Waals surface area (Å²) in [6.45, 7) is -0.0594. The number of para-hydroxylation sites is 1. The van der Waals surface area contributed by atoms with Crippen LogP contribution >= 0.6 is 23.4 Å². The summed E-state index contributed by atoms with van der Waals surface area (Å²) < 4.78 is 5.42. The van der Waals surface area contributed by atoms with Crippen LogP contribution < -0.4 is 10.1 Å². The lowest BCUT2D eigenvalue weighted by atomic mass is 10.1. The number of benzene rings is 3. The van der Waals surface area contributed by atoms with Gasteiger partial charge in [-0.3, -0.25) is 9.59 Å². The van der Waals surface area contributed by atoms with Crippen LogP contribution in [0.3, 0.4) is 0 Å². The summed E-state index contributed by atoms with van der Waals surface area (Å²) in [5.74, 6) is 0.784. The van der Waals surface area contributed by atoms with Gasteiger partial charge >= 0.3 is 0 Å². The molecule has 0 aliphatic carbocycles. The van der Waals surface area contributed by atoms with Crippen LogP contribution in [0.25, 0.3) is 0 Å². The molecule has 0 unspecified atom stereocenters. The van der Waals surface area contributed by atoms with E-state index >= 15 is 0 Å². The molecule has 3 rings (SSSR count). The number of ketones is 1. The Labute approximate surface area is 172 Å². The SMILES string of the molecule is O=C(COc1ccccc1)Nc1ccc(SCC(=O)c2ccc(Cl)cc2)cc1. The summed E-state index contributed by atoms with van der Waals surface area (Å²) in [7, 11) is 0. The van der Waals surface area contributed by atoms with Crippen LogP contribution in [0, 0.1) is 0 Å². The predicted molar refractivity (Wildman–Crippen MR) is 114 cm³/mol. The standard InChI is InChI=1S/C22H18ClNO3S/c23-17-8-6-16(7-9-17)21(25)15-28-20-12-10-18(11-13-20)24-22(26)14-27-19-4-2-1-3-5-19/h1-13H,14-15H2,(H,24,26). The summed E-state index contributed by atoms with van der Waals surface area (Å²) in [6, 6.07) is 23.4. The van der Waals surface area contributed by atoms with Crippen molar-refractivity contribution in [3.63, 3.8) is 0 Å². The van der Waals surface area contributed by atoms with Crippen molar-refractivity contribution < 1.29 is 14.3 Å². The van der Waals surface area contributed by atoms with Crippen LogP contribution in [0.15, 0.2) is 83.8 Å². The molecule has 0 radical (unpaired) electrons. The number of carbonyl (C=O) groups is 2. The highest BCUT2D eigenvalue weighted by Gasteiger charge is 2.08. The number of amides is 1. The van der Waals surface area contributed by atoms with Gasteiger partial charge in [0.1, 0.15) is 5.75 Å². The Kier molecular flexibility index (Phi) is 7.12. The Morgan fingerprint density at radius 1 is 0.893 bits per heavy atom. The minimum absolute atomic E-state index is 0.0390. The Balaban J connectivity index is 1.45. The maximum Gasteiger partial charge on any atom is 0.262 e. The van der Waals surface area contributed by atoms with Gasteiger partial charge in [0, 0.05) is 21.2 Å². The number of ether oxygens (including phenoxy) is 1. The van der Waals surface area contributed by atoms with Crippen molar-refractivity contribution in [3.05, 3.63) is 89.4 Å². The molecule has 0 bridgehead atoms. The molecule has 3 aromatic carbocycles. The molecule has 0 heterocycles. The molecule has 0 saturated heterocycles. The quantitative estimate of drug-likeness (QED) is 0.402. The molecule has 6 heteroatoms. The Hall–Kier alpha value is -2.76. The zero-order valence-corrected chi connectivity index (χ0v) is 16.5. The molecule has 0 spiro atoms. The highest BCUT2D eigenvalue weighted by atomic mass is 35.5. The van der Waals surface area contributed by atoms with Crippen LogP contribution in [0.5, 0.6) is 5.75 Å². The summed E-state index contributed by atoms with van der Waals surface area (Å²) >= 11 is 7.28. The van der Waals surface area contributed by atoms with Crippen molar-refractivity contribution >= 4 is 40.7 Å². The van der Waals surface area contributed by atoms with Crippen molar-refractivity contribution in [2.24, 2.45) is 0 Å². The van der Waals surface area contributed by atoms with Gasteiger partial charge in [-0.25, -0.2) is 0 Å². The third kappa shape index (κ3) is 6.15. The third-order valence-corrected chi connectivity index (χ3v) is 5.05. The number of anilines is 1. The number of carbonyl (C=O) groups excluding carboxylic acids is 2. The van der Waals surface area contributed by atoms with Crippen LogP contribution in [0.4, 0.5) is 5.69 Å². The van der Waals surface area contributed by atoms with Gasteiger partial charge in [-0.1, -0.05) is 29.8 Å². The Morgan fingerprint density at radius 2 is 1.57 bits per heavy atom. The smallest absolute Gasteiger partial charge is 0.262 e. The topological polar surface area (TPSA) is 55.4 Å². The molecule has 1 N–H and O–H groups in total. The van der Waals surface area contributed by atoms with E-state index in [0.717, 1.165) is 4.90 Å². The molecule has 0 aliphatic rings. The molecular weight excluding hydrogens is 394 g/mol. The first kappa shape index (κ1) is 20.0. The molecule has 142 valence electrons. The molecule has 4 nitrogen and oxygen atoms in total. The van der Waals surface area contributed by atoms with Gasteiger partial charge in [-0.05, 0) is 60.7 Å². The van der Waals surface area contributed by atoms with Crippen LogP contribution in [0.1, 0.15) is 10.4 Å². The predicted octanol–water partition coefficient (Wildman–Crippen LogP) is 5.33. The monoisotopic (exact) mass is 411 g/mol. The summed E-state index contributed by atoms with van der Waals surface area (Å²) in [4.78, 5) is 25.1. The van der Waals surface area contributed by atoms with Crippen molar-refractivity contribution in [2.45, 2.75) is 4.90 Å². The van der Waals surface area contributed by atoms with Gasteiger partial charge < -0.3 is 10.1 Å². The maximum atomic E-state index is 12.2. The molecule has 0 atom stereocenters. The molecule has 0 fully saturated rings. The lowest BCUT2D eigenvalue weighted by Crippen LogP contribution is -2.20. The van der Waals surface area contributed by atoms with E-state index in [9.17, 15) is 9.59 Å². The van der Waals surface area contributed by atoms with Gasteiger partial charge in [0.15, 0.2) is 12.4 Å². The van der Waals surface area contributed by atoms with Gasteiger partial charge in [-0.2, -0.15) is 0 Å². The average Bonchev–Trinajstić information content (AvgIpc) is 2.73. The molecule has 28 heavy (non-hydrogen) atoms. The minimum atomic E-state index is -0.234. The first-order valence-electron chi connectivity index (χ1n) is 8.59. The fraction of sp³-hybridized carbons (Fsp3) is 0.0909. The number of hydrogen-bond donors (Lipinski definition) is 1. The maximum absolute atomic E-state index is 12.2. The van der Waals surface area contributed by atoms with E-state index in [1.807, 2.05) is 30.3 Å². The number of Topliss-reactive ketones (excluding diaryl/α,β-unsaturated/α-hetero) is 1. The highest BCUT2D eigenvalue weighted by molar-refractivity contribution is 8.00. The van der Waals surface area contributed by atoms with E-state index in [1.165, 1.54) is 11.8 Å². The van der Waals surface area contributed by atoms with E-state index in [4.69, 9.17) is 16.3 Å². The second kappa shape index (κ2) is 9.97. The molecule has 3 aromatic rings. The van der Waals surface area contributed by atoms with Crippen LogP contribution in [-0.4, -0.2) is 24.1 Å². The molecule has 0 aliphatic heterocycles. The fourth-order valence-electron chi connectivity index (χ4n) is 2.37. The zero-order chi connectivity index (χ0) is 19.8. The highest BCUT2D eigenvalue weighted by Crippen LogP contribution is 2.22. The number of nitrogens with one attached hydrogen (secondary N) is 1. The molecule has 1 amide bonds. The van der Waals surface area contributed by atoms with Crippen molar-refractivity contribution in [1.82, 2.24) is 0 Å².